The van der Waals surface area contributed by atoms with Gasteiger partial charge in [-0.3, -0.25) is 0 Å². The largest absolute Gasteiger partial charge is 0.524 e. The van der Waals surface area contributed by atoms with E-state index in [0.717, 1.165) is 0 Å². The number of urea groups is 2. The Morgan fingerprint density at radius 3 is 1.50 bits per heavy atom. The van der Waals surface area contributed by atoms with Gasteiger partial charge in [-0.2, -0.15) is 57.1 Å². The second kappa shape index (κ2) is 21.6. The average Bonchev–Trinajstić information content (AvgIpc) is 3.01. The Morgan fingerprint density at radius 2 is 1.15 bits per heavy atom. The maximum Gasteiger partial charge on any atom is 0.524 e. The Bertz CT molecular complexity index is 1170. The molecule has 0 fully saturated rings. The fraction of sp³-hybridized carbons (Fsp3) is 0.913. The zero-order valence-electron chi connectivity index (χ0n) is 28.6. The van der Waals surface area contributed by atoms with Crippen LogP contribution in [0, 0.1) is 0 Å². The third kappa shape index (κ3) is 13.9. The summed E-state index contributed by atoms with van der Waals surface area (Å²) in [6.07, 6.45) is -10.4. The summed E-state index contributed by atoms with van der Waals surface area (Å²) in [5.74, 6) is -40.2. The summed E-state index contributed by atoms with van der Waals surface area (Å²) in [6, 6.07) is -1.62. The molecule has 0 spiro atoms. The van der Waals surface area contributed by atoms with Crippen LogP contribution in [0.15, 0.2) is 0 Å². The molecule has 1 unspecified atom stereocenters. The highest BCUT2D eigenvalue weighted by Gasteiger charge is 2.90. The van der Waals surface area contributed by atoms with Crippen LogP contribution in [0.4, 0.5) is 70.8 Å². The first-order valence-electron chi connectivity index (χ1n) is 14.6. The van der Waals surface area contributed by atoms with Crippen molar-refractivity contribution >= 4 is 41.5 Å². The van der Waals surface area contributed by atoms with Crippen LogP contribution in [0.5, 0.6) is 0 Å². The number of primary amides is 2. The van der Waals surface area contributed by atoms with Crippen LogP contribution in [-0.4, -0.2) is 131 Å². The molecule has 29 heteroatoms. The molecule has 0 aliphatic carbocycles. The Hall–Kier alpha value is -2.22. The molecule has 52 heavy (non-hydrogen) atoms. The highest BCUT2D eigenvalue weighted by atomic mass is 32.2. The van der Waals surface area contributed by atoms with E-state index in [1.54, 1.807) is 27.7 Å². The number of alkyl halides is 13. The topological polar surface area (TPSA) is 175 Å². The summed E-state index contributed by atoms with van der Waals surface area (Å²) < 4.78 is 224. The zero-order valence-corrected chi connectivity index (χ0v) is 32.4. The number of sulfonamides is 1. The monoisotopic (exact) mass is 855 g/mol. The van der Waals surface area contributed by atoms with Crippen molar-refractivity contribution in [3.63, 3.8) is 0 Å². The van der Waals surface area contributed by atoms with E-state index < -0.39 is 91.1 Å². The van der Waals surface area contributed by atoms with Crippen molar-refractivity contribution in [3.05, 3.63) is 0 Å². The number of hydrogen-bond acceptors (Lipinski definition) is 7. The summed E-state index contributed by atoms with van der Waals surface area (Å²) in [5, 5.41) is 4.95. The molecule has 0 saturated heterocycles. The molecule has 0 aromatic heterocycles. The first-order chi connectivity index (χ1) is 23.4. The minimum atomic E-state index is -8.07. The summed E-state index contributed by atoms with van der Waals surface area (Å²) >= 11 is 0. The van der Waals surface area contributed by atoms with Gasteiger partial charge in [-0.05, 0) is 33.6 Å². The van der Waals surface area contributed by atoms with Crippen LogP contribution >= 0.6 is 0 Å². The molecule has 0 radical (unpaired) electrons. The van der Waals surface area contributed by atoms with Gasteiger partial charge in [-0.1, -0.05) is 6.92 Å². The lowest BCUT2D eigenvalue weighted by Crippen LogP contribution is -2.70. The summed E-state index contributed by atoms with van der Waals surface area (Å²) in [6.45, 7) is 6.43. The van der Waals surface area contributed by atoms with Gasteiger partial charge in [-0.15, -0.1) is 0 Å². The number of carbonyl (C=O) groups is 2. The molecular weight excluding hydrogens is 812 g/mol. The second-order valence-corrected chi connectivity index (χ2v) is 14.9. The van der Waals surface area contributed by atoms with Crippen LogP contribution in [0.2, 0.25) is 0 Å². The lowest BCUT2D eigenvalue weighted by molar-refractivity contribution is -0.439. The van der Waals surface area contributed by atoms with Crippen LogP contribution in [0.1, 0.15) is 47.0 Å². The second-order valence-electron chi connectivity index (χ2n) is 9.91. The fourth-order valence-electron chi connectivity index (χ4n) is 3.69. The average molecular weight is 856 g/mol. The molecule has 0 aromatic carbocycles. The smallest absolute Gasteiger partial charge is 0.373 e. The first kappa shape index (κ1) is 54.1. The quantitative estimate of drug-likeness (QED) is 0.0590. The summed E-state index contributed by atoms with van der Waals surface area (Å²) in [4.78, 5) is 21.4. The molecule has 314 valence electrons. The van der Waals surface area contributed by atoms with Gasteiger partial charge in [0.1, 0.15) is 5.67 Å². The Morgan fingerprint density at radius 1 is 0.769 bits per heavy atom. The van der Waals surface area contributed by atoms with Gasteiger partial charge in [0.25, 0.3) is 0 Å². The highest BCUT2D eigenvalue weighted by Crippen LogP contribution is 2.60. The van der Waals surface area contributed by atoms with Crippen molar-refractivity contribution in [1.82, 2.24) is 14.9 Å². The third-order valence-electron chi connectivity index (χ3n) is 6.26. The SMILES string of the molecule is CCO[Si](OCC)(OCC)C(CC)NC(=O)NCCCN(C)S(=O)(=O)CCC(F)(F)C(F)(F)C(F)(F)C(F)(F)C(F)(F)C(F)(F)F.F[SiH3].NC(N)=O. The molecule has 6 N–H and O–H groups in total. The van der Waals surface area contributed by atoms with Gasteiger partial charge in [0.15, 0.2) is 0 Å². The third-order valence-corrected chi connectivity index (χ3v) is 11.6. The van der Waals surface area contributed by atoms with E-state index in [1.807, 2.05) is 0 Å². The van der Waals surface area contributed by atoms with Gasteiger partial charge in [-0.25, -0.2) is 22.3 Å². The van der Waals surface area contributed by atoms with Crippen LogP contribution in [0.3, 0.4) is 0 Å². The minimum Gasteiger partial charge on any atom is -0.373 e. The van der Waals surface area contributed by atoms with Crippen LogP contribution < -0.4 is 22.1 Å². The summed E-state index contributed by atoms with van der Waals surface area (Å²) in [7, 11) is -7.96. The number of amides is 4. The molecule has 0 heterocycles. The predicted molar refractivity (Wildman–Crippen MR) is 163 cm³/mol. The van der Waals surface area contributed by atoms with E-state index in [1.165, 1.54) is 0 Å². The van der Waals surface area contributed by atoms with Gasteiger partial charge >= 0.3 is 56.7 Å². The number of rotatable bonds is 21. The number of nitrogens with one attached hydrogen (secondary N) is 2. The number of hydrogen-bond donors (Lipinski definition) is 4. The highest BCUT2D eigenvalue weighted by molar-refractivity contribution is 7.89. The van der Waals surface area contributed by atoms with Gasteiger partial charge in [0.2, 0.25) is 20.6 Å². The van der Waals surface area contributed by atoms with E-state index in [-0.39, 0.29) is 47.7 Å². The van der Waals surface area contributed by atoms with E-state index in [2.05, 4.69) is 22.1 Å². The Balaban J connectivity index is -0.00000372. The fourth-order valence-corrected chi connectivity index (χ4v) is 7.80. The number of halogens is 14. The molecular formula is C23H43F14N5O7SSi2. The van der Waals surface area contributed by atoms with E-state index in [9.17, 15) is 74.4 Å². The maximum absolute atomic E-state index is 14.0. The normalized spacial score (nSPS) is 14.2. The Kier molecular flexibility index (Phi) is 22.5. The van der Waals surface area contributed by atoms with Gasteiger partial charge < -0.3 is 39.5 Å². The molecule has 0 bridgehead atoms. The molecule has 0 saturated carbocycles. The molecule has 0 aliphatic rings. The lowest BCUT2D eigenvalue weighted by atomic mass is 9.93. The van der Waals surface area contributed by atoms with Crippen molar-refractivity contribution in [1.29, 1.82) is 0 Å². The molecule has 12 nitrogen and oxygen atoms in total. The van der Waals surface area contributed by atoms with Crippen molar-refractivity contribution in [3.8, 4) is 0 Å². The molecule has 4 amide bonds. The van der Waals surface area contributed by atoms with Gasteiger partial charge in [0.05, 0.1) is 5.75 Å². The minimum absolute atomic E-state index is 0.194. The van der Waals surface area contributed by atoms with Gasteiger partial charge in [0, 0.05) is 46.4 Å². The molecule has 0 rings (SSSR count). The Labute approximate surface area is 294 Å². The van der Waals surface area contributed by atoms with E-state index in [4.69, 9.17) is 18.1 Å². The number of nitrogens with zero attached hydrogens (tertiary/aromatic N) is 1. The summed E-state index contributed by atoms with van der Waals surface area (Å²) in [5.41, 5.74) is 7.78. The van der Waals surface area contributed by atoms with E-state index in [0.29, 0.717) is 13.5 Å². The zero-order chi connectivity index (χ0) is 42.2. The standard InChI is InChI=1S/C22H36F13N3O6SSi.CH4N2O.FH3Si/c1-6-15(46(42-7-2,43-8-3)44-9-4)37-16(39)36-12-10-13-38(5)45(40,41)14-11-17(23,24)18(25,26)19(27,28)20(29,30)21(31,32)22(33,34)35;2-1(3)4;1-2/h15H,6-14H2,1-5H3,(H2,36,37,39);(H4,2,3,4);2H3. The lowest BCUT2D eigenvalue weighted by Gasteiger charge is -2.39. The number of nitrogens with two attached hydrogens (primary N) is 2. The van der Waals surface area contributed by atoms with E-state index >= 15 is 0 Å². The van der Waals surface area contributed by atoms with Crippen LogP contribution in [-0.2, 0) is 23.3 Å². The van der Waals surface area contributed by atoms with Crippen molar-refractivity contribution in [2.24, 2.45) is 11.5 Å². The molecule has 0 aromatic rings. The first-order valence-corrected chi connectivity index (χ1v) is 18.8. The molecule has 1 atom stereocenters. The maximum atomic E-state index is 14.0. The van der Waals surface area contributed by atoms with Crippen LogP contribution in [0.25, 0.3) is 0 Å². The van der Waals surface area contributed by atoms with Crippen molar-refractivity contribution < 1.29 is 92.5 Å². The number of carbonyl (C=O) groups excluding carboxylic acids is 2. The van der Waals surface area contributed by atoms with Crippen molar-refractivity contribution in [2.45, 2.75) is 88.4 Å². The predicted octanol–water partition coefficient (Wildman–Crippen LogP) is 3.69. The van der Waals surface area contributed by atoms with Crippen molar-refractivity contribution in [2.75, 3.05) is 45.7 Å². The molecule has 0 aliphatic heterocycles.